The van der Waals surface area contributed by atoms with Gasteiger partial charge in [-0.25, -0.2) is 14.4 Å². The standard InChI is InChI=1S/C23H27FN4O3S/c1-13-20(26-12-19(27-13)31-4)17(29)11-14-6-7-16(24)15(10-14)23(3)18-8-9-22(2,21(25)28-23)32(18,5)30/h6-7,10,12,18H,5,8-9,11H2,1-4H3,(H2,25,28)/t18-,22+,23+,32?/m0/s1. The molecule has 0 amide bonds. The first-order chi connectivity index (χ1) is 14.9. The number of hydrogen-bond donors (Lipinski definition) is 1. The molecule has 3 heterocycles. The maximum Gasteiger partial charge on any atom is 0.232 e. The third-order valence-corrected chi connectivity index (χ3v) is 10.5. The maximum absolute atomic E-state index is 15.1. The van der Waals surface area contributed by atoms with Gasteiger partial charge in [0.25, 0.3) is 0 Å². The summed E-state index contributed by atoms with van der Waals surface area (Å²) in [6, 6.07) is 4.49. The normalized spacial score (nSPS) is 31.3. The maximum atomic E-state index is 15.1. The molecule has 1 aromatic carbocycles. The van der Waals surface area contributed by atoms with E-state index in [0.29, 0.717) is 30.0 Å². The van der Waals surface area contributed by atoms with Crippen molar-refractivity contribution in [3.05, 3.63) is 52.7 Å². The fraction of sp³-hybridized carbons (Fsp3) is 0.435. The number of Topliss-reactive ketones (excluding diaryl/α,β-unsaturated/α-hetero) is 1. The number of rotatable bonds is 5. The fourth-order valence-corrected chi connectivity index (χ4v) is 7.80. The largest absolute Gasteiger partial charge is 0.480 e. The summed E-state index contributed by atoms with van der Waals surface area (Å²) in [6.07, 6.45) is 2.58. The van der Waals surface area contributed by atoms with Gasteiger partial charge in [0.15, 0.2) is 5.78 Å². The van der Waals surface area contributed by atoms with Gasteiger partial charge in [-0.15, -0.1) is 0 Å². The van der Waals surface area contributed by atoms with E-state index >= 15 is 4.39 Å². The Bertz CT molecular complexity index is 1260. The van der Waals surface area contributed by atoms with Gasteiger partial charge < -0.3 is 10.5 Å². The van der Waals surface area contributed by atoms with Gasteiger partial charge in [-0.05, 0) is 66.7 Å². The molecule has 4 rings (SSSR count). The Morgan fingerprint density at radius 3 is 2.78 bits per heavy atom. The molecule has 0 saturated carbocycles. The first-order valence-corrected chi connectivity index (χ1v) is 12.1. The third kappa shape index (κ3) is 3.13. The number of aromatic nitrogens is 2. The highest BCUT2D eigenvalue weighted by Crippen LogP contribution is 2.51. The van der Waals surface area contributed by atoms with Gasteiger partial charge in [-0.2, -0.15) is 0 Å². The molecule has 9 heteroatoms. The van der Waals surface area contributed by atoms with Gasteiger partial charge in [-0.3, -0.25) is 14.0 Å². The summed E-state index contributed by atoms with van der Waals surface area (Å²) in [5, 5.41) is -0.442. The molecule has 2 bridgehead atoms. The third-order valence-electron chi connectivity index (χ3n) is 6.97. The predicted molar refractivity (Wildman–Crippen MR) is 123 cm³/mol. The number of nitrogens with two attached hydrogens (primary N) is 1. The molecule has 1 unspecified atom stereocenters. The second kappa shape index (κ2) is 7.37. The molecule has 1 aromatic heterocycles. The smallest absolute Gasteiger partial charge is 0.232 e. The lowest BCUT2D eigenvalue weighted by Crippen LogP contribution is -2.55. The highest BCUT2D eigenvalue weighted by molar-refractivity contribution is 8.03. The quantitative estimate of drug-likeness (QED) is 0.545. The zero-order valence-electron chi connectivity index (χ0n) is 18.6. The molecule has 0 aliphatic carbocycles. The van der Waals surface area contributed by atoms with Crippen molar-refractivity contribution in [1.82, 2.24) is 9.97 Å². The fourth-order valence-electron chi connectivity index (χ4n) is 4.89. The van der Waals surface area contributed by atoms with Crippen LogP contribution in [0.4, 0.5) is 4.39 Å². The molecule has 1 fully saturated rings. The van der Waals surface area contributed by atoms with Crippen molar-refractivity contribution in [2.24, 2.45) is 10.7 Å². The first-order valence-electron chi connectivity index (χ1n) is 10.3. The second-order valence-corrected chi connectivity index (χ2v) is 11.8. The molecular weight excluding hydrogens is 431 g/mol. The molecule has 2 N–H and O–H groups in total. The number of methoxy groups -OCH3 is 1. The molecule has 32 heavy (non-hydrogen) atoms. The molecule has 2 aromatic rings. The number of carbonyl (C=O) groups excluding carboxylic acids is 1. The van der Waals surface area contributed by atoms with Crippen LogP contribution < -0.4 is 10.5 Å². The van der Waals surface area contributed by atoms with Crippen molar-refractivity contribution < 1.29 is 18.1 Å². The van der Waals surface area contributed by atoms with Crippen molar-refractivity contribution in [2.45, 2.75) is 55.6 Å². The molecule has 0 spiro atoms. The van der Waals surface area contributed by atoms with Gasteiger partial charge in [0, 0.05) is 12.0 Å². The molecule has 1 saturated heterocycles. The summed E-state index contributed by atoms with van der Waals surface area (Å²) in [4.78, 5) is 25.9. The predicted octanol–water partition coefficient (Wildman–Crippen LogP) is 2.58. The second-order valence-electron chi connectivity index (χ2n) is 8.89. The Morgan fingerprint density at radius 2 is 2.12 bits per heavy atom. The molecular formula is C23H27FN4O3S. The van der Waals surface area contributed by atoms with E-state index in [1.807, 2.05) is 6.92 Å². The van der Waals surface area contributed by atoms with Gasteiger partial charge in [-0.1, -0.05) is 6.07 Å². The van der Waals surface area contributed by atoms with Crippen molar-refractivity contribution >= 4 is 27.0 Å². The van der Waals surface area contributed by atoms with E-state index in [1.54, 1.807) is 26.0 Å². The van der Waals surface area contributed by atoms with E-state index in [4.69, 9.17) is 10.5 Å². The Morgan fingerprint density at radius 1 is 1.41 bits per heavy atom. The van der Waals surface area contributed by atoms with E-state index in [-0.39, 0.29) is 29.3 Å². The minimum absolute atomic E-state index is 0.00649. The SMILES string of the molecule is C=S1(=O)[C@H]2CC[C@]1(C)C(N)=N[C@]2(C)c1cc(CC(=O)c2ncc(OC)nc2C)ccc1F. The molecule has 0 radical (unpaired) electrons. The number of aliphatic imine (C=N–C) groups is 1. The van der Waals surface area contributed by atoms with Crippen LogP contribution >= 0.6 is 0 Å². The van der Waals surface area contributed by atoms with E-state index in [9.17, 15) is 9.00 Å². The van der Waals surface area contributed by atoms with Gasteiger partial charge in [0.1, 0.15) is 22.9 Å². The topological polar surface area (TPSA) is 108 Å². The highest BCUT2D eigenvalue weighted by Gasteiger charge is 2.59. The summed E-state index contributed by atoms with van der Waals surface area (Å²) in [5.74, 6) is 3.87. The summed E-state index contributed by atoms with van der Waals surface area (Å²) >= 11 is 0. The minimum Gasteiger partial charge on any atom is -0.480 e. The first kappa shape index (κ1) is 22.4. The highest BCUT2D eigenvalue weighted by atomic mass is 32.2. The van der Waals surface area contributed by atoms with Gasteiger partial charge >= 0.3 is 0 Å². The number of nitrogens with zero attached hydrogens (tertiary/aromatic N) is 3. The van der Waals surface area contributed by atoms with Crippen LogP contribution in [0.2, 0.25) is 0 Å². The van der Waals surface area contributed by atoms with Crippen molar-refractivity contribution in [3.63, 3.8) is 0 Å². The number of hydrogen-bond acceptors (Lipinski definition) is 7. The number of halogens is 1. The number of amidine groups is 1. The average molecular weight is 459 g/mol. The van der Waals surface area contributed by atoms with E-state index in [1.165, 1.54) is 19.4 Å². The van der Waals surface area contributed by atoms with Crippen LogP contribution in [0.25, 0.3) is 0 Å². The van der Waals surface area contributed by atoms with Crippen molar-refractivity contribution in [3.8, 4) is 5.88 Å². The zero-order chi connectivity index (χ0) is 23.5. The molecule has 2 aliphatic heterocycles. The lowest BCUT2D eigenvalue weighted by Gasteiger charge is -2.42. The Kier molecular flexibility index (Phi) is 5.15. The lowest BCUT2D eigenvalue weighted by molar-refractivity contribution is 0.0987. The summed E-state index contributed by atoms with van der Waals surface area (Å²) < 4.78 is 32.9. The Labute approximate surface area is 187 Å². The van der Waals surface area contributed by atoms with Crippen LogP contribution in [0, 0.1) is 12.7 Å². The van der Waals surface area contributed by atoms with E-state index in [2.05, 4.69) is 20.8 Å². The summed E-state index contributed by atoms with van der Waals surface area (Å²) in [7, 11) is -1.19. The zero-order valence-corrected chi connectivity index (χ0v) is 19.5. The van der Waals surface area contributed by atoms with Crippen LogP contribution in [0.3, 0.4) is 0 Å². The van der Waals surface area contributed by atoms with Crippen LogP contribution in [0.1, 0.15) is 54.0 Å². The van der Waals surface area contributed by atoms with Crippen LogP contribution in [0.5, 0.6) is 5.88 Å². The summed E-state index contributed by atoms with van der Waals surface area (Å²) in [5.41, 5.74) is 6.68. The number of carbonyl (C=O) groups is 1. The molecule has 4 atom stereocenters. The van der Waals surface area contributed by atoms with E-state index < -0.39 is 30.9 Å². The van der Waals surface area contributed by atoms with Crippen LogP contribution in [-0.2, 0) is 21.5 Å². The Balaban J connectivity index is 1.72. The molecule has 7 nitrogen and oxygen atoms in total. The number of aryl methyl sites for hydroxylation is 1. The molecule has 2 aliphatic rings. The van der Waals surface area contributed by atoms with Crippen molar-refractivity contribution in [2.75, 3.05) is 7.11 Å². The summed E-state index contributed by atoms with van der Waals surface area (Å²) in [6.45, 7) is 5.26. The number of benzene rings is 1. The monoisotopic (exact) mass is 458 g/mol. The van der Waals surface area contributed by atoms with E-state index in [0.717, 1.165) is 0 Å². The van der Waals surface area contributed by atoms with Crippen LogP contribution in [0.15, 0.2) is 29.4 Å². The van der Waals surface area contributed by atoms with Gasteiger partial charge in [0.05, 0.1) is 29.0 Å². The minimum atomic E-state index is -2.66. The lowest BCUT2D eigenvalue weighted by atomic mass is 9.85. The van der Waals surface area contributed by atoms with Crippen LogP contribution in [-0.4, -0.2) is 48.8 Å². The van der Waals surface area contributed by atoms with Crippen molar-refractivity contribution in [1.29, 1.82) is 0 Å². The molecule has 170 valence electrons. The average Bonchev–Trinajstić information content (AvgIpc) is 2.92. The number of fused-ring (bicyclic) bond motifs is 2. The number of ketones is 1. The number of ether oxygens (including phenoxy) is 1. The van der Waals surface area contributed by atoms with Gasteiger partial charge in [0.2, 0.25) is 5.88 Å². The Hall–Kier alpha value is -2.81.